The molecule has 0 radical (unpaired) electrons. The molecule has 0 aliphatic heterocycles. The molecule has 0 aliphatic carbocycles. The SMILES string of the molecule is [C-]#[N+]c1cc(-c2c(Cl)cc(NC(=O)NCc3ccc(S(C)(=O)=O)cc3)cc2Cl)ccc1CC(C)C. The highest BCUT2D eigenvalue weighted by Crippen LogP contribution is 2.39. The van der Waals surface area contributed by atoms with Crippen LogP contribution in [0.3, 0.4) is 0 Å². The summed E-state index contributed by atoms with van der Waals surface area (Å²) in [4.78, 5) is 16.2. The summed E-state index contributed by atoms with van der Waals surface area (Å²) in [5, 5.41) is 6.10. The van der Waals surface area contributed by atoms with Crippen molar-refractivity contribution in [1.29, 1.82) is 0 Å². The number of urea groups is 1. The molecule has 0 atom stereocenters. The van der Waals surface area contributed by atoms with E-state index in [2.05, 4.69) is 29.3 Å². The summed E-state index contributed by atoms with van der Waals surface area (Å²) in [6.45, 7) is 11.9. The first kappa shape index (κ1) is 26.6. The summed E-state index contributed by atoms with van der Waals surface area (Å²) in [5.74, 6) is 0.428. The van der Waals surface area contributed by atoms with Gasteiger partial charge < -0.3 is 10.6 Å². The van der Waals surface area contributed by atoms with E-state index in [4.69, 9.17) is 29.8 Å². The van der Waals surface area contributed by atoms with Crippen molar-refractivity contribution in [2.24, 2.45) is 5.92 Å². The summed E-state index contributed by atoms with van der Waals surface area (Å²) in [5.41, 5.74) is 4.02. The third-order valence-corrected chi connectivity index (χ3v) is 6.95. The summed E-state index contributed by atoms with van der Waals surface area (Å²) >= 11 is 13.0. The predicted molar refractivity (Wildman–Crippen MR) is 142 cm³/mol. The maximum atomic E-state index is 12.4. The molecule has 6 nitrogen and oxygen atoms in total. The molecular weight excluding hydrogens is 505 g/mol. The van der Waals surface area contributed by atoms with Crippen LogP contribution in [-0.2, 0) is 22.8 Å². The van der Waals surface area contributed by atoms with E-state index < -0.39 is 15.9 Å². The Labute approximate surface area is 216 Å². The Bertz CT molecular complexity index is 1370. The molecule has 0 heterocycles. The van der Waals surface area contributed by atoms with E-state index in [1.807, 2.05) is 12.1 Å². The van der Waals surface area contributed by atoms with E-state index in [0.29, 0.717) is 32.9 Å². The molecule has 2 N–H and O–H groups in total. The van der Waals surface area contributed by atoms with Crippen LogP contribution in [0.1, 0.15) is 25.0 Å². The second kappa shape index (κ2) is 11.1. The van der Waals surface area contributed by atoms with E-state index in [1.165, 1.54) is 12.1 Å². The zero-order valence-electron chi connectivity index (χ0n) is 19.5. The first-order valence-corrected chi connectivity index (χ1v) is 13.5. The van der Waals surface area contributed by atoms with Crippen LogP contribution >= 0.6 is 23.2 Å². The van der Waals surface area contributed by atoms with E-state index in [0.717, 1.165) is 29.4 Å². The average Bonchev–Trinajstić information content (AvgIpc) is 2.77. The van der Waals surface area contributed by atoms with Gasteiger partial charge in [-0.1, -0.05) is 61.3 Å². The van der Waals surface area contributed by atoms with Crippen molar-refractivity contribution in [2.45, 2.75) is 31.7 Å². The molecule has 0 unspecified atom stereocenters. The zero-order valence-corrected chi connectivity index (χ0v) is 21.9. The number of hydrogen-bond donors (Lipinski definition) is 2. The fourth-order valence-corrected chi connectivity index (χ4v) is 4.90. The fraction of sp³-hybridized carbons (Fsp3) is 0.231. The maximum Gasteiger partial charge on any atom is 0.319 e. The summed E-state index contributed by atoms with van der Waals surface area (Å²) in [6.07, 6.45) is 1.94. The van der Waals surface area contributed by atoms with Crippen LogP contribution in [0.15, 0.2) is 59.5 Å². The van der Waals surface area contributed by atoms with E-state index >= 15 is 0 Å². The van der Waals surface area contributed by atoms with Crippen LogP contribution in [0.4, 0.5) is 16.2 Å². The number of nitrogens with one attached hydrogen (secondary N) is 2. The van der Waals surface area contributed by atoms with Crippen LogP contribution in [0.2, 0.25) is 10.0 Å². The van der Waals surface area contributed by atoms with Crippen LogP contribution < -0.4 is 10.6 Å². The first-order chi connectivity index (χ1) is 16.5. The fourth-order valence-electron chi connectivity index (χ4n) is 3.57. The van der Waals surface area contributed by atoms with E-state index in [-0.39, 0.29) is 11.4 Å². The number of carbonyl (C=O) groups is 1. The number of sulfone groups is 1. The van der Waals surface area contributed by atoms with Gasteiger partial charge in [0.15, 0.2) is 15.5 Å². The molecule has 35 heavy (non-hydrogen) atoms. The van der Waals surface area contributed by atoms with Gasteiger partial charge in [-0.3, -0.25) is 0 Å². The quantitative estimate of drug-likeness (QED) is 0.319. The lowest BCUT2D eigenvalue weighted by atomic mass is 9.97. The minimum Gasteiger partial charge on any atom is -0.334 e. The van der Waals surface area contributed by atoms with Gasteiger partial charge in [0.2, 0.25) is 0 Å². The summed E-state index contributed by atoms with van der Waals surface area (Å²) in [7, 11) is -3.27. The molecule has 0 aromatic heterocycles. The molecule has 0 saturated carbocycles. The van der Waals surface area contributed by atoms with Crippen molar-refractivity contribution in [3.8, 4) is 11.1 Å². The number of carbonyl (C=O) groups excluding carboxylic acids is 1. The molecule has 0 aliphatic rings. The predicted octanol–water partition coefficient (Wildman–Crippen LogP) is 7.13. The molecule has 0 fully saturated rings. The molecule has 2 amide bonds. The number of nitrogens with zero attached hydrogens (tertiary/aromatic N) is 1. The van der Waals surface area contributed by atoms with E-state index in [9.17, 15) is 13.2 Å². The van der Waals surface area contributed by atoms with Gasteiger partial charge in [0.05, 0.1) is 21.5 Å². The first-order valence-electron chi connectivity index (χ1n) is 10.8. The Morgan fingerprint density at radius 1 is 1.03 bits per heavy atom. The molecule has 3 aromatic carbocycles. The van der Waals surface area contributed by atoms with Gasteiger partial charge in [-0.15, -0.1) is 0 Å². The number of amides is 2. The monoisotopic (exact) mass is 529 g/mol. The van der Waals surface area contributed by atoms with Gasteiger partial charge in [0.1, 0.15) is 0 Å². The van der Waals surface area contributed by atoms with Crippen molar-refractivity contribution in [3.63, 3.8) is 0 Å². The second-order valence-corrected chi connectivity index (χ2v) is 11.4. The standard InChI is InChI=1S/C26H25Cl2N3O3S/c1-16(2)11-18-7-8-19(12-24(18)29-3)25-22(27)13-20(14-23(25)28)31-26(32)30-15-17-5-9-21(10-6-17)35(4,33)34/h5-10,12-14,16H,11,15H2,1-2,4H3,(H2,30,31,32). The van der Waals surface area contributed by atoms with Gasteiger partial charge in [-0.25, -0.2) is 18.1 Å². The molecular formula is C26H25Cl2N3O3S. The number of anilines is 1. The normalized spacial score (nSPS) is 11.2. The molecule has 0 bridgehead atoms. The Balaban J connectivity index is 1.72. The van der Waals surface area contributed by atoms with Gasteiger partial charge in [0.25, 0.3) is 0 Å². The van der Waals surface area contributed by atoms with Gasteiger partial charge in [-0.2, -0.15) is 0 Å². The Morgan fingerprint density at radius 2 is 1.66 bits per heavy atom. The summed E-state index contributed by atoms with van der Waals surface area (Å²) in [6, 6.07) is 14.6. The Morgan fingerprint density at radius 3 is 2.20 bits per heavy atom. The van der Waals surface area contributed by atoms with Crippen molar-refractivity contribution >= 4 is 50.4 Å². The molecule has 3 rings (SSSR count). The van der Waals surface area contributed by atoms with Gasteiger partial charge in [0, 0.05) is 24.1 Å². The van der Waals surface area contributed by atoms with Gasteiger partial charge in [-0.05, 0) is 59.4 Å². The zero-order chi connectivity index (χ0) is 25.8. The third kappa shape index (κ3) is 6.98. The average molecular weight is 530 g/mol. The van der Waals surface area contributed by atoms with Crippen LogP contribution in [-0.4, -0.2) is 20.7 Å². The smallest absolute Gasteiger partial charge is 0.319 e. The van der Waals surface area contributed by atoms with Crippen LogP contribution in [0, 0.1) is 12.5 Å². The topological polar surface area (TPSA) is 79.6 Å². The largest absolute Gasteiger partial charge is 0.334 e. The highest BCUT2D eigenvalue weighted by atomic mass is 35.5. The van der Waals surface area contributed by atoms with Crippen molar-refractivity contribution in [1.82, 2.24) is 5.32 Å². The van der Waals surface area contributed by atoms with Crippen molar-refractivity contribution in [3.05, 3.63) is 87.2 Å². The van der Waals surface area contributed by atoms with Crippen molar-refractivity contribution in [2.75, 3.05) is 11.6 Å². The minimum absolute atomic E-state index is 0.206. The van der Waals surface area contributed by atoms with Crippen LogP contribution in [0.25, 0.3) is 16.0 Å². The molecule has 0 saturated heterocycles. The Kier molecular flexibility index (Phi) is 8.44. The number of rotatable bonds is 7. The Hall–Kier alpha value is -3.05. The minimum atomic E-state index is -3.27. The molecule has 3 aromatic rings. The second-order valence-electron chi connectivity index (χ2n) is 8.59. The van der Waals surface area contributed by atoms with Gasteiger partial charge >= 0.3 is 6.03 Å². The summed E-state index contributed by atoms with van der Waals surface area (Å²) < 4.78 is 23.1. The molecule has 9 heteroatoms. The lowest BCUT2D eigenvalue weighted by Crippen LogP contribution is -2.28. The molecule has 0 spiro atoms. The number of benzene rings is 3. The van der Waals surface area contributed by atoms with Crippen LogP contribution in [0.5, 0.6) is 0 Å². The lowest BCUT2D eigenvalue weighted by molar-refractivity contribution is 0.251. The highest BCUT2D eigenvalue weighted by molar-refractivity contribution is 7.90. The third-order valence-electron chi connectivity index (χ3n) is 5.23. The van der Waals surface area contributed by atoms with Crippen molar-refractivity contribution < 1.29 is 13.2 Å². The number of hydrogen-bond acceptors (Lipinski definition) is 3. The van der Waals surface area contributed by atoms with E-state index in [1.54, 1.807) is 30.3 Å². The molecule has 182 valence electrons. The highest BCUT2D eigenvalue weighted by Gasteiger charge is 2.15. The lowest BCUT2D eigenvalue weighted by Gasteiger charge is -2.14. The number of halogens is 2. The maximum absolute atomic E-state index is 12.4.